The van der Waals surface area contributed by atoms with Gasteiger partial charge < -0.3 is 15.1 Å². The summed E-state index contributed by atoms with van der Waals surface area (Å²) >= 11 is 0. The van der Waals surface area contributed by atoms with E-state index in [-0.39, 0.29) is 0 Å². The zero-order chi connectivity index (χ0) is 13.4. The Kier molecular flexibility index (Phi) is 3.72. The summed E-state index contributed by atoms with van der Waals surface area (Å²) in [6.07, 6.45) is -1.98. The molecule has 0 bridgehead atoms. The van der Waals surface area contributed by atoms with Crippen LogP contribution < -0.4 is 0 Å². The zero-order valence-corrected chi connectivity index (χ0v) is 9.72. The number of aliphatic hydroxyl groups excluding tert-OH is 1. The average molecular weight is 269 g/mol. The fourth-order valence-electron chi connectivity index (χ4n) is 1.76. The van der Waals surface area contributed by atoms with Crippen molar-refractivity contribution in [3.8, 4) is 0 Å². The van der Waals surface area contributed by atoms with E-state index in [0.29, 0.717) is 4.90 Å². The first kappa shape index (κ1) is 13.8. The molecule has 0 aliphatic carbocycles. The van der Waals surface area contributed by atoms with Gasteiger partial charge in [0.05, 0.1) is 6.10 Å². The van der Waals surface area contributed by atoms with Crippen molar-refractivity contribution in [1.29, 1.82) is 0 Å². The van der Waals surface area contributed by atoms with Crippen LogP contribution in [0, 0.1) is 0 Å². The summed E-state index contributed by atoms with van der Waals surface area (Å²) in [7, 11) is -4.89. The molecule has 3 atom stereocenters. The van der Waals surface area contributed by atoms with Crippen molar-refractivity contribution in [3.05, 3.63) is 0 Å². The monoisotopic (exact) mass is 269 g/mol. The van der Waals surface area contributed by atoms with Crippen molar-refractivity contribution in [3.63, 3.8) is 0 Å². The van der Waals surface area contributed by atoms with Crippen molar-refractivity contribution in [2.24, 2.45) is 0 Å². The second-order valence-electron chi connectivity index (χ2n) is 3.87. The van der Waals surface area contributed by atoms with Gasteiger partial charge in [0.25, 0.3) is 0 Å². The normalized spacial score (nSPS) is 24.8. The van der Waals surface area contributed by atoms with Crippen LogP contribution in [0.5, 0.6) is 0 Å². The molecule has 0 aromatic carbocycles. The van der Waals surface area contributed by atoms with Crippen molar-refractivity contribution >= 4 is 22.1 Å². The lowest BCUT2D eigenvalue weighted by molar-refractivity contribution is -0.152. The lowest BCUT2D eigenvalue weighted by Crippen LogP contribution is -2.49. The molecule has 1 fully saturated rings. The molecular formula is C8H12FNO6S. The molecule has 1 unspecified atom stereocenters. The Hall–Kier alpha value is -1.22. The molecular weight excluding hydrogens is 257 g/mol. The van der Waals surface area contributed by atoms with Crippen LogP contribution in [0.4, 0.5) is 3.89 Å². The second-order valence-corrected chi connectivity index (χ2v) is 5.49. The fourth-order valence-corrected chi connectivity index (χ4v) is 2.44. The zero-order valence-electron chi connectivity index (χ0n) is 8.91. The van der Waals surface area contributed by atoms with E-state index in [0.717, 1.165) is 6.92 Å². The number of hydrogen-bond acceptors (Lipinski definition) is 5. The molecule has 0 aromatic rings. The van der Waals surface area contributed by atoms with Gasteiger partial charge in [-0.2, -0.15) is 8.42 Å². The van der Waals surface area contributed by atoms with Gasteiger partial charge in [0.2, 0.25) is 5.91 Å². The van der Waals surface area contributed by atoms with E-state index in [9.17, 15) is 27.0 Å². The maximum Gasteiger partial charge on any atom is 0.329 e. The predicted octanol–water partition coefficient (Wildman–Crippen LogP) is -1.28. The number of carbonyl (C=O) groups excluding carboxylic acids is 1. The highest BCUT2D eigenvalue weighted by Gasteiger charge is 2.44. The summed E-state index contributed by atoms with van der Waals surface area (Å²) in [5.74, 6) is -2.27. The minimum absolute atomic E-state index is 0.556. The van der Waals surface area contributed by atoms with Crippen molar-refractivity contribution in [2.75, 3.05) is 6.54 Å². The highest BCUT2D eigenvalue weighted by molar-refractivity contribution is 7.87. The molecule has 0 aromatic heterocycles. The first-order chi connectivity index (χ1) is 7.64. The number of carboxylic acid groups (broad SMARTS) is 1. The van der Waals surface area contributed by atoms with Gasteiger partial charge in [0, 0.05) is 13.0 Å². The number of hydrogen-bond donors (Lipinski definition) is 2. The van der Waals surface area contributed by atoms with Gasteiger partial charge in [-0.3, -0.25) is 4.79 Å². The van der Waals surface area contributed by atoms with Crippen LogP contribution >= 0.6 is 0 Å². The fraction of sp³-hybridized carbons (Fsp3) is 0.750. The maximum atomic E-state index is 12.7. The number of aliphatic carboxylic acids is 1. The maximum absolute atomic E-state index is 12.7. The van der Waals surface area contributed by atoms with Crippen LogP contribution in [0.15, 0.2) is 0 Å². The lowest BCUT2D eigenvalue weighted by atomic mass is 10.1. The molecule has 1 heterocycles. The predicted molar refractivity (Wildman–Crippen MR) is 53.3 cm³/mol. The first-order valence-electron chi connectivity index (χ1n) is 4.78. The molecule has 9 heteroatoms. The summed E-state index contributed by atoms with van der Waals surface area (Å²) in [6.45, 7) is 0.600. The van der Waals surface area contributed by atoms with Crippen LogP contribution in [0.2, 0.25) is 0 Å². The summed E-state index contributed by atoms with van der Waals surface area (Å²) in [5.41, 5.74) is 0. The van der Waals surface area contributed by atoms with E-state index < -0.39 is 52.5 Å². The van der Waals surface area contributed by atoms with Gasteiger partial charge in [0.1, 0.15) is 5.25 Å². The topological polar surface area (TPSA) is 112 Å². The molecule has 2 N–H and O–H groups in total. The molecule has 98 valence electrons. The number of likely N-dealkylation sites (tertiary alicyclic amines) is 1. The smallest absolute Gasteiger partial charge is 0.329 e. The number of rotatable bonds is 4. The Bertz CT molecular complexity index is 433. The van der Waals surface area contributed by atoms with Gasteiger partial charge in [-0.25, -0.2) is 4.79 Å². The number of halogens is 1. The van der Waals surface area contributed by atoms with Gasteiger partial charge >= 0.3 is 16.2 Å². The van der Waals surface area contributed by atoms with Crippen LogP contribution in [0.3, 0.4) is 0 Å². The highest BCUT2D eigenvalue weighted by Crippen LogP contribution is 2.23. The van der Waals surface area contributed by atoms with Crippen LogP contribution in [0.1, 0.15) is 13.3 Å². The van der Waals surface area contributed by atoms with Gasteiger partial charge in [-0.15, -0.1) is 3.89 Å². The molecule has 1 aliphatic heterocycles. The SMILES string of the molecule is C[C@H](O)[C@@H](C(=O)O)N1CC(S(=O)(=O)F)CC1=O. The molecule has 1 aliphatic rings. The average Bonchev–Trinajstić information content (AvgIpc) is 2.46. The van der Waals surface area contributed by atoms with Crippen LogP contribution in [0.25, 0.3) is 0 Å². The minimum Gasteiger partial charge on any atom is -0.480 e. The van der Waals surface area contributed by atoms with Crippen molar-refractivity contribution < 1.29 is 32.1 Å². The van der Waals surface area contributed by atoms with E-state index in [1.165, 1.54) is 0 Å². The molecule has 1 rings (SSSR count). The van der Waals surface area contributed by atoms with E-state index in [1.807, 2.05) is 0 Å². The number of carboxylic acids is 1. The molecule has 0 spiro atoms. The number of amides is 1. The minimum atomic E-state index is -4.89. The van der Waals surface area contributed by atoms with E-state index in [4.69, 9.17) is 5.11 Å². The molecule has 7 nitrogen and oxygen atoms in total. The van der Waals surface area contributed by atoms with E-state index in [2.05, 4.69) is 0 Å². The quantitative estimate of drug-likeness (QED) is 0.615. The summed E-state index contributed by atoms with van der Waals surface area (Å²) in [4.78, 5) is 22.9. The third kappa shape index (κ3) is 2.91. The van der Waals surface area contributed by atoms with E-state index >= 15 is 0 Å². The number of nitrogens with zero attached hydrogens (tertiary/aromatic N) is 1. The Morgan fingerprint density at radius 2 is 2.12 bits per heavy atom. The standard InChI is InChI=1S/C8H12FNO6S/c1-4(11)7(8(13)14)10-3-5(2-6(10)12)17(9,15)16/h4-5,7,11H,2-3H2,1H3,(H,13,14)/t4-,5?,7-/m0/s1. The van der Waals surface area contributed by atoms with Gasteiger partial charge in [0.15, 0.2) is 6.04 Å². The molecule has 1 saturated heterocycles. The Morgan fingerprint density at radius 1 is 1.59 bits per heavy atom. The van der Waals surface area contributed by atoms with Gasteiger partial charge in [-0.05, 0) is 6.92 Å². The molecule has 0 radical (unpaired) electrons. The summed E-state index contributed by atoms with van der Waals surface area (Å²) in [5, 5.41) is 16.5. The summed E-state index contributed by atoms with van der Waals surface area (Å²) in [6, 6.07) is -1.56. The molecule has 0 saturated carbocycles. The van der Waals surface area contributed by atoms with Crippen molar-refractivity contribution in [1.82, 2.24) is 4.90 Å². The van der Waals surface area contributed by atoms with Gasteiger partial charge in [-0.1, -0.05) is 0 Å². The third-order valence-corrected chi connectivity index (χ3v) is 3.68. The number of aliphatic hydroxyl groups is 1. The van der Waals surface area contributed by atoms with Crippen molar-refractivity contribution in [2.45, 2.75) is 30.7 Å². The Balaban J connectivity index is 2.94. The highest BCUT2D eigenvalue weighted by atomic mass is 32.3. The largest absolute Gasteiger partial charge is 0.480 e. The van der Waals surface area contributed by atoms with E-state index in [1.54, 1.807) is 0 Å². The van der Waals surface area contributed by atoms with Crippen LogP contribution in [-0.2, 0) is 19.8 Å². The number of carbonyl (C=O) groups is 2. The Labute approximate surface area is 97.0 Å². The molecule has 17 heavy (non-hydrogen) atoms. The third-order valence-electron chi connectivity index (χ3n) is 2.57. The molecule has 1 amide bonds. The van der Waals surface area contributed by atoms with Crippen LogP contribution in [-0.4, -0.2) is 59.3 Å². The lowest BCUT2D eigenvalue weighted by Gasteiger charge is -2.26. The first-order valence-corrected chi connectivity index (χ1v) is 6.23. The second kappa shape index (κ2) is 4.57. The Morgan fingerprint density at radius 3 is 2.41 bits per heavy atom. The summed E-state index contributed by atoms with van der Waals surface area (Å²) < 4.78 is 34.0.